The van der Waals surface area contributed by atoms with E-state index in [0.29, 0.717) is 31.7 Å². The normalized spacial score (nSPS) is 12.9. The lowest BCUT2D eigenvalue weighted by Crippen LogP contribution is -2.31. The fourth-order valence-electron chi connectivity index (χ4n) is 3.89. The third-order valence-electron chi connectivity index (χ3n) is 5.66. The summed E-state index contributed by atoms with van der Waals surface area (Å²) in [6.45, 7) is 5.09. The zero-order chi connectivity index (χ0) is 24.1. The van der Waals surface area contributed by atoms with Crippen molar-refractivity contribution in [2.24, 2.45) is 0 Å². The van der Waals surface area contributed by atoms with Crippen molar-refractivity contribution in [2.75, 3.05) is 40.6 Å². The number of hydrogen-bond acceptors (Lipinski definition) is 7. The van der Waals surface area contributed by atoms with Gasteiger partial charge in [0.25, 0.3) is 11.8 Å². The number of carbonyl (C=O) groups excluding carboxylic acids is 4. The number of Topliss-reactive ketones (excluding diaryl/α,β-unsaturated/α-hetero) is 1. The lowest BCUT2D eigenvalue weighted by atomic mass is 10.1. The molecule has 0 unspecified atom stereocenters. The van der Waals surface area contributed by atoms with Gasteiger partial charge in [0.15, 0.2) is 6.61 Å². The molecule has 0 fully saturated rings. The van der Waals surface area contributed by atoms with Gasteiger partial charge in [0.1, 0.15) is 0 Å². The van der Waals surface area contributed by atoms with Crippen molar-refractivity contribution in [2.45, 2.75) is 26.8 Å². The van der Waals surface area contributed by atoms with Gasteiger partial charge < -0.3 is 18.8 Å². The van der Waals surface area contributed by atoms with Gasteiger partial charge in [0, 0.05) is 50.9 Å². The molecule has 0 aliphatic carbocycles. The molecule has 0 spiro atoms. The summed E-state index contributed by atoms with van der Waals surface area (Å²) < 4.78 is 17.2. The van der Waals surface area contributed by atoms with Crippen molar-refractivity contribution >= 4 is 23.6 Å². The molecular formula is C24H28N2O7. The summed E-state index contributed by atoms with van der Waals surface area (Å²) in [6.07, 6.45) is 0.519. The van der Waals surface area contributed by atoms with E-state index in [4.69, 9.17) is 14.2 Å². The quantitative estimate of drug-likeness (QED) is 0.221. The van der Waals surface area contributed by atoms with Gasteiger partial charge in [0.05, 0.1) is 23.3 Å². The molecule has 1 aromatic heterocycles. The second-order valence-corrected chi connectivity index (χ2v) is 7.80. The Morgan fingerprint density at radius 3 is 2.30 bits per heavy atom. The number of methoxy groups -OCH3 is 2. The topological polar surface area (TPSA) is 104 Å². The van der Waals surface area contributed by atoms with Crippen LogP contribution in [-0.4, -0.2) is 73.6 Å². The number of esters is 1. The lowest BCUT2D eigenvalue weighted by molar-refractivity contribution is 0.0474. The molecule has 1 aliphatic heterocycles. The van der Waals surface area contributed by atoms with E-state index in [9.17, 15) is 19.2 Å². The van der Waals surface area contributed by atoms with Crippen LogP contribution >= 0.6 is 0 Å². The Morgan fingerprint density at radius 1 is 0.909 bits per heavy atom. The molecule has 0 bridgehead atoms. The number of rotatable bonds is 11. The molecule has 2 heterocycles. The minimum atomic E-state index is -0.738. The first-order valence-electron chi connectivity index (χ1n) is 10.6. The molecule has 0 atom stereocenters. The van der Waals surface area contributed by atoms with Crippen molar-refractivity contribution in [3.05, 3.63) is 57.9 Å². The molecule has 1 aromatic carbocycles. The summed E-state index contributed by atoms with van der Waals surface area (Å²) in [7, 11) is 3.16. The summed E-state index contributed by atoms with van der Waals surface area (Å²) >= 11 is 0. The average molecular weight is 456 g/mol. The Balaban J connectivity index is 1.66. The number of amides is 2. The Kier molecular flexibility index (Phi) is 7.78. The number of fused-ring (bicyclic) bond motifs is 1. The van der Waals surface area contributed by atoms with Gasteiger partial charge in [-0.15, -0.1) is 0 Å². The lowest BCUT2D eigenvalue weighted by Gasteiger charge is -2.12. The van der Waals surface area contributed by atoms with Crippen molar-refractivity contribution in [1.82, 2.24) is 9.47 Å². The average Bonchev–Trinajstić information content (AvgIpc) is 3.23. The van der Waals surface area contributed by atoms with Crippen molar-refractivity contribution in [1.29, 1.82) is 0 Å². The van der Waals surface area contributed by atoms with E-state index >= 15 is 0 Å². The fourth-order valence-corrected chi connectivity index (χ4v) is 3.89. The van der Waals surface area contributed by atoms with E-state index in [1.54, 1.807) is 20.3 Å². The molecule has 0 radical (unpaired) electrons. The third-order valence-corrected chi connectivity index (χ3v) is 5.66. The molecule has 9 heteroatoms. The molecule has 0 saturated carbocycles. The number of ether oxygens (including phenoxy) is 3. The van der Waals surface area contributed by atoms with Crippen LogP contribution in [0.5, 0.6) is 0 Å². The minimum Gasteiger partial charge on any atom is -0.454 e. The highest BCUT2D eigenvalue weighted by Gasteiger charge is 2.35. The zero-order valence-electron chi connectivity index (χ0n) is 19.3. The SMILES string of the molecule is COCCCN1C(=O)c2ccc(C(=O)OCC(=O)c3cc(C)n(CCOC)c3C)cc2C1=O. The predicted octanol–water partition coefficient (Wildman–Crippen LogP) is 2.42. The number of hydrogen-bond donors (Lipinski definition) is 0. The summed E-state index contributed by atoms with van der Waals surface area (Å²) in [5, 5.41) is 0. The Morgan fingerprint density at radius 2 is 1.61 bits per heavy atom. The van der Waals surface area contributed by atoms with E-state index in [-0.39, 0.29) is 29.0 Å². The molecule has 9 nitrogen and oxygen atoms in total. The van der Waals surface area contributed by atoms with E-state index in [2.05, 4.69) is 0 Å². The zero-order valence-corrected chi connectivity index (χ0v) is 19.3. The van der Waals surface area contributed by atoms with Crippen molar-refractivity contribution < 1.29 is 33.4 Å². The Bertz CT molecular complexity index is 1090. The molecule has 1 aliphatic rings. The maximum absolute atomic E-state index is 12.7. The summed E-state index contributed by atoms with van der Waals surface area (Å²) in [5.41, 5.74) is 2.68. The number of aryl methyl sites for hydroxylation is 1. The maximum atomic E-state index is 12.7. The third kappa shape index (κ3) is 5.04. The number of nitrogens with zero attached hydrogens (tertiary/aromatic N) is 2. The van der Waals surface area contributed by atoms with Crippen LogP contribution in [0.2, 0.25) is 0 Å². The summed E-state index contributed by atoms with van der Waals surface area (Å²) in [4.78, 5) is 51.4. The molecule has 2 aromatic rings. The highest BCUT2D eigenvalue weighted by atomic mass is 16.5. The molecular weight excluding hydrogens is 428 g/mol. The summed E-state index contributed by atoms with van der Waals surface area (Å²) in [5.74, 6) is -1.92. The van der Waals surface area contributed by atoms with Crippen LogP contribution in [-0.2, 0) is 20.8 Å². The number of benzene rings is 1. The molecule has 3 rings (SSSR count). The number of ketones is 1. The standard InChI is InChI=1S/C24H28N2O7/c1-15-12-19(16(2)25(15)9-11-32-4)21(27)14-33-24(30)17-6-7-18-20(13-17)23(29)26(22(18)28)8-5-10-31-3/h6-7,12-13H,5,8-11,14H2,1-4H3. The van der Waals surface area contributed by atoms with Gasteiger partial charge in [-0.3, -0.25) is 19.3 Å². The van der Waals surface area contributed by atoms with Crippen LogP contribution in [0.15, 0.2) is 24.3 Å². The van der Waals surface area contributed by atoms with E-state index < -0.39 is 24.4 Å². The van der Waals surface area contributed by atoms with Gasteiger partial charge in [-0.25, -0.2) is 4.79 Å². The number of carbonyl (C=O) groups is 4. The maximum Gasteiger partial charge on any atom is 0.338 e. The number of aromatic nitrogens is 1. The molecule has 0 saturated heterocycles. The molecule has 33 heavy (non-hydrogen) atoms. The Hall–Kier alpha value is -3.30. The highest BCUT2D eigenvalue weighted by Crippen LogP contribution is 2.25. The fraction of sp³-hybridized carbons (Fsp3) is 0.417. The minimum absolute atomic E-state index is 0.104. The first-order chi connectivity index (χ1) is 15.8. The largest absolute Gasteiger partial charge is 0.454 e. The van der Waals surface area contributed by atoms with Gasteiger partial charge in [-0.2, -0.15) is 0 Å². The van der Waals surface area contributed by atoms with Crippen molar-refractivity contribution in [3.63, 3.8) is 0 Å². The van der Waals surface area contributed by atoms with Gasteiger partial charge in [-0.1, -0.05) is 0 Å². The van der Waals surface area contributed by atoms with Gasteiger partial charge >= 0.3 is 5.97 Å². The van der Waals surface area contributed by atoms with E-state index in [1.807, 2.05) is 18.4 Å². The first kappa shape index (κ1) is 24.3. The molecule has 2 amide bonds. The first-order valence-corrected chi connectivity index (χ1v) is 10.6. The smallest absolute Gasteiger partial charge is 0.338 e. The second-order valence-electron chi connectivity index (χ2n) is 7.80. The van der Waals surface area contributed by atoms with Gasteiger partial charge in [-0.05, 0) is 44.5 Å². The van der Waals surface area contributed by atoms with Crippen LogP contribution in [0.4, 0.5) is 0 Å². The molecule has 176 valence electrons. The van der Waals surface area contributed by atoms with Crippen LogP contribution in [0.1, 0.15) is 59.2 Å². The predicted molar refractivity (Wildman–Crippen MR) is 119 cm³/mol. The summed E-state index contributed by atoms with van der Waals surface area (Å²) in [6, 6.07) is 5.97. The van der Waals surface area contributed by atoms with Crippen LogP contribution in [0.3, 0.4) is 0 Å². The second kappa shape index (κ2) is 10.5. The van der Waals surface area contributed by atoms with Crippen molar-refractivity contribution in [3.8, 4) is 0 Å². The highest BCUT2D eigenvalue weighted by molar-refractivity contribution is 6.22. The monoisotopic (exact) mass is 456 g/mol. The van der Waals surface area contributed by atoms with E-state index in [1.165, 1.54) is 18.2 Å². The number of imide groups is 1. The molecule has 0 N–H and O–H groups in total. The van der Waals surface area contributed by atoms with Crippen LogP contribution in [0.25, 0.3) is 0 Å². The van der Waals surface area contributed by atoms with Crippen LogP contribution < -0.4 is 0 Å². The van der Waals surface area contributed by atoms with E-state index in [0.717, 1.165) is 16.3 Å². The van der Waals surface area contributed by atoms with Gasteiger partial charge in [0.2, 0.25) is 5.78 Å². The van der Waals surface area contributed by atoms with Crippen LogP contribution in [0, 0.1) is 13.8 Å². The Labute approximate surface area is 192 Å².